The Morgan fingerprint density at radius 1 is 1.11 bits per heavy atom. The monoisotopic (exact) mass is 271 g/mol. The summed E-state index contributed by atoms with van der Waals surface area (Å²) in [6, 6.07) is 9.89. The van der Waals surface area contributed by atoms with Crippen LogP contribution in [0.5, 0.6) is 11.6 Å². The highest BCUT2D eigenvalue weighted by atomic mass is 32.1. The minimum absolute atomic E-state index is 0.595. The third kappa shape index (κ3) is 2.57. The highest BCUT2D eigenvalue weighted by Gasteiger charge is 2.06. The van der Waals surface area contributed by atoms with Gasteiger partial charge < -0.3 is 10.5 Å². The third-order valence-electron chi connectivity index (χ3n) is 2.80. The van der Waals surface area contributed by atoms with E-state index in [2.05, 4.69) is 9.97 Å². The van der Waals surface area contributed by atoms with Gasteiger partial charge in [0, 0.05) is 0 Å². The molecule has 96 valence electrons. The van der Waals surface area contributed by atoms with Crippen molar-refractivity contribution in [3.63, 3.8) is 0 Å². The van der Waals surface area contributed by atoms with Crippen molar-refractivity contribution in [3.8, 4) is 11.6 Å². The van der Waals surface area contributed by atoms with Crippen LogP contribution in [0.4, 0.5) is 0 Å². The topological polar surface area (TPSA) is 61.0 Å². The van der Waals surface area contributed by atoms with E-state index in [1.54, 1.807) is 11.3 Å². The lowest BCUT2D eigenvalue weighted by Crippen LogP contribution is -2.02. The van der Waals surface area contributed by atoms with Gasteiger partial charge in [-0.2, -0.15) is 0 Å². The average Bonchev–Trinajstić information content (AvgIpc) is 2.91. The molecule has 2 aromatic heterocycles. The van der Waals surface area contributed by atoms with Crippen LogP contribution >= 0.6 is 11.3 Å². The maximum Gasteiger partial charge on any atom is 0.231 e. The van der Waals surface area contributed by atoms with Crippen LogP contribution in [-0.2, 0) is 6.42 Å². The van der Waals surface area contributed by atoms with Crippen molar-refractivity contribution in [3.05, 3.63) is 47.6 Å². The first-order valence-corrected chi connectivity index (χ1v) is 6.90. The lowest BCUT2D eigenvalue weighted by Gasteiger charge is -2.06. The minimum atomic E-state index is 0.595. The highest BCUT2D eigenvalue weighted by molar-refractivity contribution is 7.16. The second-order valence-corrected chi connectivity index (χ2v) is 5.00. The Kier molecular flexibility index (Phi) is 3.39. The van der Waals surface area contributed by atoms with E-state index in [1.807, 2.05) is 35.7 Å². The van der Waals surface area contributed by atoms with Gasteiger partial charge in [0.15, 0.2) is 0 Å². The van der Waals surface area contributed by atoms with Crippen LogP contribution in [-0.4, -0.2) is 16.5 Å². The van der Waals surface area contributed by atoms with E-state index in [1.165, 1.54) is 11.9 Å². The highest BCUT2D eigenvalue weighted by Crippen LogP contribution is 2.29. The summed E-state index contributed by atoms with van der Waals surface area (Å²) < 4.78 is 5.81. The Bertz CT molecular complexity index is 678. The fourth-order valence-corrected chi connectivity index (χ4v) is 2.57. The molecule has 0 unspecified atom stereocenters. The Labute approximate surface area is 114 Å². The van der Waals surface area contributed by atoms with Crippen LogP contribution in [0.25, 0.3) is 10.2 Å². The SMILES string of the molecule is NCCc1ccc(Oc2ncnc3sccc23)cc1. The molecule has 0 saturated carbocycles. The van der Waals surface area contributed by atoms with E-state index in [0.29, 0.717) is 12.4 Å². The van der Waals surface area contributed by atoms with Crippen LogP contribution in [0.15, 0.2) is 42.0 Å². The lowest BCUT2D eigenvalue weighted by atomic mass is 10.1. The molecule has 19 heavy (non-hydrogen) atoms. The molecule has 3 rings (SSSR count). The van der Waals surface area contributed by atoms with Gasteiger partial charge in [-0.05, 0) is 42.1 Å². The molecule has 1 aromatic carbocycles. The summed E-state index contributed by atoms with van der Waals surface area (Å²) in [5, 5.41) is 2.93. The summed E-state index contributed by atoms with van der Waals surface area (Å²) in [7, 11) is 0. The predicted molar refractivity (Wildman–Crippen MR) is 76.7 cm³/mol. The molecule has 0 bridgehead atoms. The predicted octanol–water partition coefficient (Wildman–Crippen LogP) is 2.98. The molecular weight excluding hydrogens is 258 g/mol. The maximum atomic E-state index is 5.81. The van der Waals surface area contributed by atoms with E-state index in [4.69, 9.17) is 10.5 Å². The van der Waals surface area contributed by atoms with Gasteiger partial charge in [-0.15, -0.1) is 11.3 Å². The molecule has 0 fully saturated rings. The fourth-order valence-electron chi connectivity index (χ4n) is 1.85. The van der Waals surface area contributed by atoms with Crippen molar-refractivity contribution in [2.75, 3.05) is 6.54 Å². The molecule has 0 atom stereocenters. The van der Waals surface area contributed by atoms with Crippen LogP contribution in [0.2, 0.25) is 0 Å². The summed E-state index contributed by atoms with van der Waals surface area (Å²) in [6.07, 6.45) is 2.40. The Morgan fingerprint density at radius 2 is 1.95 bits per heavy atom. The van der Waals surface area contributed by atoms with Gasteiger partial charge in [0.1, 0.15) is 16.9 Å². The number of hydrogen-bond acceptors (Lipinski definition) is 5. The molecule has 4 nitrogen and oxygen atoms in total. The van der Waals surface area contributed by atoms with Gasteiger partial charge in [-0.3, -0.25) is 0 Å². The van der Waals surface area contributed by atoms with Gasteiger partial charge in [-0.1, -0.05) is 12.1 Å². The number of aromatic nitrogens is 2. The molecule has 5 heteroatoms. The van der Waals surface area contributed by atoms with Gasteiger partial charge >= 0.3 is 0 Å². The number of nitrogens with two attached hydrogens (primary N) is 1. The van der Waals surface area contributed by atoms with Crippen molar-refractivity contribution in [1.82, 2.24) is 9.97 Å². The van der Waals surface area contributed by atoms with Crippen LogP contribution < -0.4 is 10.5 Å². The zero-order valence-electron chi connectivity index (χ0n) is 10.2. The maximum absolute atomic E-state index is 5.81. The Hall–Kier alpha value is -1.98. The summed E-state index contributed by atoms with van der Waals surface area (Å²) >= 11 is 1.58. The van der Waals surface area contributed by atoms with E-state index in [9.17, 15) is 0 Å². The second kappa shape index (κ2) is 5.34. The summed E-state index contributed by atoms with van der Waals surface area (Å²) in [5.74, 6) is 1.37. The van der Waals surface area contributed by atoms with Crippen molar-refractivity contribution >= 4 is 21.6 Å². The molecule has 0 spiro atoms. The van der Waals surface area contributed by atoms with E-state index in [-0.39, 0.29) is 0 Å². The average molecular weight is 271 g/mol. The molecule has 0 aliphatic heterocycles. The zero-order chi connectivity index (χ0) is 13.1. The quantitative estimate of drug-likeness (QED) is 0.792. The van der Waals surface area contributed by atoms with Gasteiger partial charge in [0.2, 0.25) is 5.88 Å². The fraction of sp³-hybridized carbons (Fsp3) is 0.143. The van der Waals surface area contributed by atoms with Crippen LogP contribution in [0.1, 0.15) is 5.56 Å². The summed E-state index contributed by atoms with van der Waals surface area (Å²) in [5.41, 5.74) is 6.73. The number of nitrogens with zero attached hydrogens (tertiary/aromatic N) is 2. The zero-order valence-corrected chi connectivity index (χ0v) is 11.1. The largest absolute Gasteiger partial charge is 0.438 e. The molecule has 2 heterocycles. The molecule has 0 radical (unpaired) electrons. The number of fused-ring (bicyclic) bond motifs is 1. The van der Waals surface area contributed by atoms with Gasteiger partial charge in [0.05, 0.1) is 5.39 Å². The van der Waals surface area contributed by atoms with Crippen molar-refractivity contribution in [2.45, 2.75) is 6.42 Å². The lowest BCUT2D eigenvalue weighted by molar-refractivity contribution is 0.468. The normalized spacial score (nSPS) is 10.8. The molecule has 2 N–H and O–H groups in total. The van der Waals surface area contributed by atoms with E-state index >= 15 is 0 Å². The molecule has 0 aliphatic rings. The molecule has 0 aliphatic carbocycles. The summed E-state index contributed by atoms with van der Waals surface area (Å²) in [6.45, 7) is 0.654. The van der Waals surface area contributed by atoms with Crippen LogP contribution in [0, 0.1) is 0 Å². The number of hydrogen-bond donors (Lipinski definition) is 1. The van der Waals surface area contributed by atoms with E-state index in [0.717, 1.165) is 22.4 Å². The van der Waals surface area contributed by atoms with Crippen molar-refractivity contribution in [1.29, 1.82) is 0 Å². The summed E-state index contributed by atoms with van der Waals surface area (Å²) in [4.78, 5) is 9.32. The number of benzene rings is 1. The Morgan fingerprint density at radius 3 is 2.74 bits per heavy atom. The van der Waals surface area contributed by atoms with Gasteiger partial charge in [0.25, 0.3) is 0 Å². The third-order valence-corrected chi connectivity index (χ3v) is 3.62. The first-order valence-electron chi connectivity index (χ1n) is 6.02. The van der Waals surface area contributed by atoms with Gasteiger partial charge in [-0.25, -0.2) is 9.97 Å². The minimum Gasteiger partial charge on any atom is -0.438 e. The smallest absolute Gasteiger partial charge is 0.231 e. The van der Waals surface area contributed by atoms with Crippen molar-refractivity contribution < 1.29 is 4.74 Å². The van der Waals surface area contributed by atoms with Crippen LogP contribution in [0.3, 0.4) is 0 Å². The first kappa shape index (κ1) is 12.1. The standard InChI is InChI=1S/C14H13N3OS/c15-7-5-10-1-3-11(4-2-10)18-13-12-6-8-19-14(12)17-9-16-13/h1-4,6,8-9H,5,7,15H2. The Balaban J connectivity index is 1.86. The molecule has 0 saturated heterocycles. The molecular formula is C14H13N3OS. The van der Waals surface area contributed by atoms with Crippen molar-refractivity contribution in [2.24, 2.45) is 5.73 Å². The van der Waals surface area contributed by atoms with E-state index < -0.39 is 0 Å². The number of thiophene rings is 1. The second-order valence-electron chi connectivity index (χ2n) is 4.10. The molecule has 0 amide bonds. The molecule has 3 aromatic rings. The number of rotatable bonds is 4. The number of ether oxygens (including phenoxy) is 1. The first-order chi connectivity index (χ1) is 9.36.